The Kier molecular flexibility index (Phi) is 4.51. The topological polar surface area (TPSA) is 82.2 Å². The fraction of sp³-hybridized carbons (Fsp3) is 0.333. The number of carbonyl (C=O) groups is 2. The number of hydrogen-bond acceptors (Lipinski definition) is 2. The minimum absolute atomic E-state index is 0.0386. The molecule has 3 N–H and O–H groups in total. The molecule has 17 heavy (non-hydrogen) atoms. The number of carboxylic acid groups (broad SMARTS) is 1. The molecule has 1 heterocycles. The highest BCUT2D eigenvalue weighted by Gasteiger charge is 2.07. The second-order valence-corrected chi connectivity index (χ2v) is 3.71. The van der Waals surface area contributed by atoms with Crippen LogP contribution in [0.5, 0.6) is 0 Å². The molecule has 0 aliphatic carbocycles. The van der Waals surface area contributed by atoms with Gasteiger partial charge in [-0.2, -0.15) is 0 Å². The standard InChI is InChI=1S/C12H16N2O3/c1-3-4-11(15)14-10-7-13-9(8(10)2)5-6-12(16)17/h5-7,13H,3-4H2,1-2H3,(H,14,15)(H,16,17)/b6-5+. The van der Waals surface area contributed by atoms with Crippen LogP contribution in [0.25, 0.3) is 6.08 Å². The maximum atomic E-state index is 11.4. The monoisotopic (exact) mass is 236 g/mol. The molecule has 0 bridgehead atoms. The summed E-state index contributed by atoms with van der Waals surface area (Å²) in [4.78, 5) is 24.7. The molecule has 5 nitrogen and oxygen atoms in total. The molecule has 0 aromatic carbocycles. The Morgan fingerprint density at radius 3 is 2.82 bits per heavy atom. The molecule has 1 aromatic rings. The summed E-state index contributed by atoms with van der Waals surface area (Å²) in [5.74, 6) is -1.04. The van der Waals surface area contributed by atoms with Crippen LogP contribution < -0.4 is 5.32 Å². The first-order valence-electron chi connectivity index (χ1n) is 5.43. The molecular formula is C12H16N2O3. The Bertz CT molecular complexity index is 447. The largest absolute Gasteiger partial charge is 0.478 e. The lowest BCUT2D eigenvalue weighted by molar-refractivity contribution is -0.131. The van der Waals surface area contributed by atoms with Crippen molar-refractivity contribution in [1.29, 1.82) is 0 Å². The van der Waals surface area contributed by atoms with Gasteiger partial charge in [-0.1, -0.05) is 6.92 Å². The van der Waals surface area contributed by atoms with Crippen molar-refractivity contribution in [3.63, 3.8) is 0 Å². The molecule has 0 fully saturated rings. The number of anilines is 1. The predicted molar refractivity (Wildman–Crippen MR) is 65.7 cm³/mol. The molecule has 92 valence electrons. The number of aromatic amines is 1. The summed E-state index contributed by atoms with van der Waals surface area (Å²) in [7, 11) is 0. The first-order chi connectivity index (χ1) is 8.04. The number of aromatic nitrogens is 1. The van der Waals surface area contributed by atoms with Gasteiger partial charge in [-0.05, 0) is 25.0 Å². The average Bonchev–Trinajstić information content (AvgIpc) is 2.58. The Balaban J connectivity index is 2.77. The number of carboxylic acids is 1. The normalized spacial score (nSPS) is 10.7. The van der Waals surface area contributed by atoms with Crippen LogP contribution >= 0.6 is 0 Å². The van der Waals surface area contributed by atoms with E-state index in [1.807, 2.05) is 13.8 Å². The van der Waals surface area contributed by atoms with E-state index in [4.69, 9.17) is 5.11 Å². The van der Waals surface area contributed by atoms with E-state index < -0.39 is 5.97 Å². The lowest BCUT2D eigenvalue weighted by Crippen LogP contribution is -2.10. The highest BCUT2D eigenvalue weighted by atomic mass is 16.4. The van der Waals surface area contributed by atoms with Gasteiger partial charge in [-0.15, -0.1) is 0 Å². The van der Waals surface area contributed by atoms with Crippen molar-refractivity contribution >= 4 is 23.6 Å². The second-order valence-electron chi connectivity index (χ2n) is 3.71. The molecule has 1 amide bonds. The van der Waals surface area contributed by atoms with Crippen molar-refractivity contribution in [3.05, 3.63) is 23.5 Å². The van der Waals surface area contributed by atoms with Gasteiger partial charge >= 0.3 is 5.97 Å². The van der Waals surface area contributed by atoms with E-state index in [1.54, 1.807) is 6.20 Å². The second kappa shape index (κ2) is 5.89. The van der Waals surface area contributed by atoms with Crippen LogP contribution in [0.2, 0.25) is 0 Å². The number of amides is 1. The molecule has 5 heteroatoms. The number of carbonyl (C=O) groups excluding carboxylic acids is 1. The van der Waals surface area contributed by atoms with Crippen LogP contribution in [0, 0.1) is 6.92 Å². The molecule has 0 unspecified atom stereocenters. The van der Waals surface area contributed by atoms with Crippen molar-refractivity contribution < 1.29 is 14.7 Å². The first kappa shape index (κ1) is 13.0. The SMILES string of the molecule is CCCC(=O)Nc1c[nH]c(/C=C/C(=O)O)c1C. The summed E-state index contributed by atoms with van der Waals surface area (Å²) < 4.78 is 0. The Hall–Kier alpha value is -2.04. The van der Waals surface area contributed by atoms with Crippen molar-refractivity contribution in [3.8, 4) is 0 Å². The predicted octanol–water partition coefficient (Wildman–Crippen LogP) is 2.16. The number of H-pyrrole nitrogens is 1. The average molecular weight is 236 g/mol. The van der Waals surface area contributed by atoms with E-state index in [2.05, 4.69) is 10.3 Å². The van der Waals surface area contributed by atoms with E-state index in [1.165, 1.54) is 6.08 Å². The third kappa shape index (κ3) is 3.79. The van der Waals surface area contributed by atoms with Gasteiger partial charge in [0.25, 0.3) is 0 Å². The van der Waals surface area contributed by atoms with Crippen LogP contribution in [0.15, 0.2) is 12.3 Å². The fourth-order valence-corrected chi connectivity index (χ4v) is 1.41. The van der Waals surface area contributed by atoms with Crippen molar-refractivity contribution in [2.75, 3.05) is 5.32 Å². The van der Waals surface area contributed by atoms with Gasteiger partial charge < -0.3 is 15.4 Å². The highest BCUT2D eigenvalue weighted by Crippen LogP contribution is 2.19. The third-order valence-electron chi connectivity index (χ3n) is 2.32. The number of rotatable bonds is 5. The Morgan fingerprint density at radius 2 is 2.24 bits per heavy atom. The Labute approximate surface area is 99.5 Å². The smallest absolute Gasteiger partial charge is 0.328 e. The van der Waals surface area contributed by atoms with Crippen LogP contribution in [0.1, 0.15) is 31.0 Å². The summed E-state index contributed by atoms with van der Waals surface area (Å²) >= 11 is 0. The zero-order valence-electron chi connectivity index (χ0n) is 9.91. The van der Waals surface area contributed by atoms with Crippen molar-refractivity contribution in [1.82, 2.24) is 4.98 Å². The van der Waals surface area contributed by atoms with Crippen LogP contribution in [0.3, 0.4) is 0 Å². The molecule has 0 saturated carbocycles. The zero-order chi connectivity index (χ0) is 12.8. The minimum atomic E-state index is -1.00. The summed E-state index contributed by atoms with van der Waals surface area (Å²) in [5.41, 5.74) is 2.19. The van der Waals surface area contributed by atoms with Crippen molar-refractivity contribution in [2.45, 2.75) is 26.7 Å². The lowest BCUT2D eigenvalue weighted by Gasteiger charge is -2.02. The van der Waals surface area contributed by atoms with Gasteiger partial charge in [0.2, 0.25) is 5.91 Å². The molecule has 0 aliphatic rings. The van der Waals surface area contributed by atoms with Gasteiger partial charge in [0.05, 0.1) is 5.69 Å². The minimum Gasteiger partial charge on any atom is -0.478 e. The summed E-state index contributed by atoms with van der Waals surface area (Å²) in [6.07, 6.45) is 5.44. The molecule has 0 atom stereocenters. The molecule has 1 aromatic heterocycles. The Morgan fingerprint density at radius 1 is 1.53 bits per heavy atom. The fourth-order valence-electron chi connectivity index (χ4n) is 1.41. The van der Waals surface area contributed by atoms with Gasteiger partial charge in [0.15, 0.2) is 0 Å². The third-order valence-corrected chi connectivity index (χ3v) is 2.32. The quantitative estimate of drug-likeness (QED) is 0.685. The van der Waals surface area contributed by atoms with E-state index in [0.717, 1.165) is 18.1 Å². The van der Waals surface area contributed by atoms with E-state index in [0.29, 0.717) is 17.8 Å². The summed E-state index contributed by atoms with van der Waals surface area (Å²) in [6, 6.07) is 0. The zero-order valence-corrected chi connectivity index (χ0v) is 9.91. The van der Waals surface area contributed by atoms with E-state index in [9.17, 15) is 9.59 Å². The maximum absolute atomic E-state index is 11.4. The van der Waals surface area contributed by atoms with Crippen molar-refractivity contribution in [2.24, 2.45) is 0 Å². The van der Waals surface area contributed by atoms with Gasteiger partial charge in [0, 0.05) is 24.4 Å². The molecular weight excluding hydrogens is 220 g/mol. The van der Waals surface area contributed by atoms with Crippen LogP contribution in [-0.2, 0) is 9.59 Å². The molecule has 0 saturated heterocycles. The molecule has 1 rings (SSSR count). The van der Waals surface area contributed by atoms with Crippen LogP contribution in [-0.4, -0.2) is 22.0 Å². The summed E-state index contributed by atoms with van der Waals surface area (Å²) in [6.45, 7) is 3.75. The highest BCUT2D eigenvalue weighted by molar-refractivity contribution is 5.92. The number of hydrogen-bond donors (Lipinski definition) is 3. The van der Waals surface area contributed by atoms with E-state index >= 15 is 0 Å². The number of aliphatic carboxylic acids is 1. The molecule has 0 aliphatic heterocycles. The summed E-state index contributed by atoms with van der Waals surface area (Å²) in [5, 5.41) is 11.3. The maximum Gasteiger partial charge on any atom is 0.328 e. The van der Waals surface area contributed by atoms with Gasteiger partial charge in [-0.3, -0.25) is 4.79 Å². The lowest BCUT2D eigenvalue weighted by atomic mass is 10.2. The van der Waals surface area contributed by atoms with Crippen LogP contribution in [0.4, 0.5) is 5.69 Å². The van der Waals surface area contributed by atoms with E-state index in [-0.39, 0.29) is 5.91 Å². The van der Waals surface area contributed by atoms with Gasteiger partial charge in [-0.25, -0.2) is 4.79 Å². The van der Waals surface area contributed by atoms with Gasteiger partial charge in [0.1, 0.15) is 0 Å². The number of nitrogens with one attached hydrogen (secondary N) is 2. The molecule has 0 spiro atoms. The molecule has 0 radical (unpaired) electrons. The first-order valence-corrected chi connectivity index (χ1v) is 5.43.